The van der Waals surface area contributed by atoms with Crippen LogP contribution >= 0.6 is 12.6 Å². The second kappa shape index (κ2) is 3.06. The molecule has 0 aromatic heterocycles. The molecular formula is C5H10O4S. The summed E-state index contributed by atoms with van der Waals surface area (Å²) >= 11 is 3.87. The predicted octanol–water partition coefficient (Wildman–Crippen LogP) is -1.64. The monoisotopic (exact) mass is 166 g/mol. The molecule has 1 aliphatic heterocycles. The van der Waals surface area contributed by atoms with Gasteiger partial charge in [-0.05, 0) is 0 Å². The van der Waals surface area contributed by atoms with E-state index >= 15 is 0 Å². The summed E-state index contributed by atoms with van der Waals surface area (Å²) in [6.45, 7) is 0.0202. The fourth-order valence-electron chi connectivity index (χ4n) is 0.791. The van der Waals surface area contributed by atoms with Crippen LogP contribution in [0.1, 0.15) is 0 Å². The van der Waals surface area contributed by atoms with Crippen molar-refractivity contribution in [2.24, 2.45) is 0 Å². The van der Waals surface area contributed by atoms with E-state index < -0.39 is 23.7 Å². The van der Waals surface area contributed by atoms with Gasteiger partial charge in [0, 0.05) is 0 Å². The first-order valence-electron chi connectivity index (χ1n) is 2.97. The molecule has 5 heteroatoms. The van der Waals surface area contributed by atoms with E-state index in [1.54, 1.807) is 0 Å². The first kappa shape index (κ1) is 8.29. The molecule has 0 aromatic carbocycles. The summed E-state index contributed by atoms with van der Waals surface area (Å²) in [5, 5.41) is 26.2. The van der Waals surface area contributed by atoms with Crippen LogP contribution < -0.4 is 0 Å². The molecule has 1 saturated heterocycles. The molecule has 0 radical (unpaired) electrons. The third kappa shape index (κ3) is 1.43. The van der Waals surface area contributed by atoms with Crippen molar-refractivity contribution in [1.29, 1.82) is 0 Å². The molecule has 10 heavy (non-hydrogen) atoms. The van der Waals surface area contributed by atoms with Crippen molar-refractivity contribution >= 4 is 12.6 Å². The van der Waals surface area contributed by atoms with Crippen LogP contribution in [-0.4, -0.2) is 45.7 Å². The average molecular weight is 166 g/mol. The maximum atomic E-state index is 9.01. The van der Waals surface area contributed by atoms with Crippen molar-refractivity contribution in [3.8, 4) is 0 Å². The zero-order chi connectivity index (χ0) is 7.72. The Morgan fingerprint density at radius 1 is 1.30 bits per heavy atom. The van der Waals surface area contributed by atoms with E-state index in [2.05, 4.69) is 17.4 Å². The Morgan fingerprint density at radius 2 is 1.90 bits per heavy atom. The summed E-state index contributed by atoms with van der Waals surface area (Å²) in [6.07, 6.45) is -3.13. The van der Waals surface area contributed by atoms with Crippen LogP contribution in [0.15, 0.2) is 0 Å². The molecule has 4 atom stereocenters. The van der Waals surface area contributed by atoms with Crippen molar-refractivity contribution in [3.05, 3.63) is 0 Å². The molecule has 0 spiro atoms. The SMILES string of the molecule is OC1COC(O)C(O)C1S. The molecule has 4 unspecified atom stereocenters. The number of aliphatic hydroxyl groups is 3. The summed E-state index contributed by atoms with van der Waals surface area (Å²) in [4.78, 5) is 0. The first-order chi connectivity index (χ1) is 4.63. The second-order valence-electron chi connectivity index (χ2n) is 2.27. The van der Waals surface area contributed by atoms with Gasteiger partial charge < -0.3 is 20.1 Å². The highest BCUT2D eigenvalue weighted by Crippen LogP contribution is 2.17. The number of thiol groups is 1. The number of hydrogen-bond acceptors (Lipinski definition) is 5. The van der Waals surface area contributed by atoms with Crippen LogP contribution in [0.5, 0.6) is 0 Å². The molecule has 0 saturated carbocycles. The third-order valence-electron chi connectivity index (χ3n) is 1.47. The Bertz CT molecular complexity index is 106. The van der Waals surface area contributed by atoms with Crippen LogP contribution in [0.4, 0.5) is 0 Å². The molecule has 1 rings (SSSR count). The summed E-state index contributed by atoms with van der Waals surface area (Å²) in [7, 11) is 0. The summed E-state index contributed by atoms with van der Waals surface area (Å²) in [6, 6.07) is 0. The molecule has 1 heterocycles. The molecule has 0 aromatic rings. The molecule has 60 valence electrons. The predicted molar refractivity (Wildman–Crippen MR) is 36.7 cm³/mol. The lowest BCUT2D eigenvalue weighted by Crippen LogP contribution is -2.50. The Hall–Kier alpha value is 0.190. The van der Waals surface area contributed by atoms with Crippen molar-refractivity contribution < 1.29 is 20.1 Å². The van der Waals surface area contributed by atoms with Crippen molar-refractivity contribution in [1.82, 2.24) is 0 Å². The van der Waals surface area contributed by atoms with Crippen molar-refractivity contribution in [2.75, 3.05) is 6.61 Å². The first-order valence-corrected chi connectivity index (χ1v) is 3.48. The fourth-order valence-corrected chi connectivity index (χ4v) is 1.02. The van der Waals surface area contributed by atoms with Gasteiger partial charge in [-0.1, -0.05) is 0 Å². The largest absolute Gasteiger partial charge is 0.389 e. The maximum Gasteiger partial charge on any atom is 0.182 e. The van der Waals surface area contributed by atoms with Gasteiger partial charge in [-0.25, -0.2) is 0 Å². The zero-order valence-corrected chi connectivity index (χ0v) is 6.11. The van der Waals surface area contributed by atoms with Gasteiger partial charge in [-0.3, -0.25) is 0 Å². The van der Waals surface area contributed by atoms with Gasteiger partial charge in [0.2, 0.25) is 0 Å². The van der Waals surface area contributed by atoms with Gasteiger partial charge in [0.15, 0.2) is 6.29 Å². The number of rotatable bonds is 0. The highest BCUT2D eigenvalue weighted by Gasteiger charge is 2.35. The lowest BCUT2D eigenvalue weighted by atomic mass is 10.1. The molecule has 0 amide bonds. The van der Waals surface area contributed by atoms with Crippen LogP contribution in [0.25, 0.3) is 0 Å². The Labute approximate surface area is 63.8 Å². The smallest absolute Gasteiger partial charge is 0.182 e. The number of aliphatic hydroxyl groups excluding tert-OH is 3. The van der Waals surface area contributed by atoms with E-state index in [1.165, 1.54) is 0 Å². The van der Waals surface area contributed by atoms with Gasteiger partial charge in [0.1, 0.15) is 6.10 Å². The zero-order valence-electron chi connectivity index (χ0n) is 5.21. The molecule has 0 bridgehead atoms. The van der Waals surface area contributed by atoms with E-state index in [9.17, 15) is 0 Å². The van der Waals surface area contributed by atoms with E-state index in [1.807, 2.05) is 0 Å². The average Bonchev–Trinajstić information content (AvgIpc) is 1.93. The van der Waals surface area contributed by atoms with E-state index in [4.69, 9.17) is 15.3 Å². The van der Waals surface area contributed by atoms with Gasteiger partial charge in [-0.15, -0.1) is 0 Å². The second-order valence-corrected chi connectivity index (χ2v) is 2.87. The lowest BCUT2D eigenvalue weighted by Gasteiger charge is -2.32. The molecule has 1 aliphatic rings. The Morgan fingerprint density at radius 3 is 2.40 bits per heavy atom. The quantitative estimate of drug-likeness (QED) is 0.326. The van der Waals surface area contributed by atoms with Crippen LogP contribution in [0.3, 0.4) is 0 Å². The molecule has 3 N–H and O–H groups in total. The lowest BCUT2D eigenvalue weighted by molar-refractivity contribution is -0.207. The fraction of sp³-hybridized carbons (Fsp3) is 1.00. The highest BCUT2D eigenvalue weighted by molar-refractivity contribution is 7.81. The normalized spacial score (nSPS) is 49.2. The Balaban J connectivity index is 2.52. The minimum atomic E-state index is -1.22. The molecule has 1 fully saturated rings. The minimum absolute atomic E-state index is 0.0202. The summed E-state index contributed by atoms with van der Waals surface area (Å²) in [5.74, 6) is 0. The van der Waals surface area contributed by atoms with Crippen LogP contribution in [-0.2, 0) is 4.74 Å². The van der Waals surface area contributed by atoms with Crippen molar-refractivity contribution in [3.63, 3.8) is 0 Å². The van der Waals surface area contributed by atoms with Gasteiger partial charge in [0.05, 0.1) is 18.0 Å². The van der Waals surface area contributed by atoms with Crippen LogP contribution in [0.2, 0.25) is 0 Å². The molecular weight excluding hydrogens is 156 g/mol. The van der Waals surface area contributed by atoms with E-state index in [-0.39, 0.29) is 6.61 Å². The standard InChI is InChI=1S/C5H10O4S/c6-2-1-9-5(8)3(7)4(2)10/h2-8,10H,1H2. The topological polar surface area (TPSA) is 69.9 Å². The minimum Gasteiger partial charge on any atom is -0.389 e. The van der Waals surface area contributed by atoms with Gasteiger partial charge >= 0.3 is 0 Å². The van der Waals surface area contributed by atoms with Gasteiger partial charge in [-0.2, -0.15) is 12.6 Å². The van der Waals surface area contributed by atoms with E-state index in [0.29, 0.717) is 0 Å². The molecule has 4 nitrogen and oxygen atoms in total. The number of hydrogen-bond donors (Lipinski definition) is 4. The number of ether oxygens (including phenoxy) is 1. The van der Waals surface area contributed by atoms with Gasteiger partial charge in [0.25, 0.3) is 0 Å². The summed E-state index contributed by atoms with van der Waals surface area (Å²) in [5.41, 5.74) is 0. The Kier molecular flexibility index (Phi) is 2.54. The van der Waals surface area contributed by atoms with Crippen molar-refractivity contribution in [2.45, 2.75) is 23.7 Å². The van der Waals surface area contributed by atoms with E-state index in [0.717, 1.165) is 0 Å². The highest BCUT2D eigenvalue weighted by atomic mass is 32.1. The third-order valence-corrected chi connectivity index (χ3v) is 2.12. The van der Waals surface area contributed by atoms with Crippen LogP contribution in [0, 0.1) is 0 Å². The maximum absolute atomic E-state index is 9.01. The molecule has 0 aliphatic carbocycles. The summed E-state index contributed by atoms with van der Waals surface area (Å²) < 4.78 is 4.58.